The third-order valence-electron chi connectivity index (χ3n) is 9.74. The maximum Gasteiger partial charge on any atom is 0.307 e. The van der Waals surface area contributed by atoms with Crippen LogP contribution in [0.1, 0.15) is 80.5 Å². The molecule has 1 spiro atoms. The molecule has 210 valence electrons. The fraction of sp³-hybridized carbons (Fsp3) is 0.441. The van der Waals surface area contributed by atoms with Crippen LogP contribution >= 0.6 is 0 Å². The summed E-state index contributed by atoms with van der Waals surface area (Å²) in [7, 11) is 1.57. The van der Waals surface area contributed by atoms with Gasteiger partial charge in [0.05, 0.1) is 13.0 Å². The lowest BCUT2D eigenvalue weighted by Crippen LogP contribution is -2.23. The predicted octanol–water partition coefficient (Wildman–Crippen LogP) is 8.19. The largest absolute Gasteiger partial charge is 0.497 e. The molecule has 4 nitrogen and oxygen atoms in total. The zero-order valence-electron chi connectivity index (χ0n) is 23.4. The summed E-state index contributed by atoms with van der Waals surface area (Å²) in [6.07, 6.45) is 6.02. The Kier molecular flexibility index (Phi) is 6.63. The topological polar surface area (TPSA) is 55.8 Å². The van der Waals surface area contributed by atoms with Crippen LogP contribution in [0.3, 0.4) is 0 Å². The van der Waals surface area contributed by atoms with Crippen LogP contribution in [0.25, 0.3) is 11.1 Å². The van der Waals surface area contributed by atoms with E-state index in [9.17, 15) is 9.90 Å². The highest BCUT2D eigenvalue weighted by atomic mass is 19.1. The molecule has 0 unspecified atom stereocenters. The van der Waals surface area contributed by atoms with Crippen molar-refractivity contribution in [2.75, 3.05) is 7.11 Å². The quantitative estimate of drug-likeness (QED) is 0.325. The molecule has 0 radical (unpaired) electrons. The lowest BCUT2D eigenvalue weighted by molar-refractivity contribution is -0.139. The zero-order chi connectivity index (χ0) is 28.2. The summed E-state index contributed by atoms with van der Waals surface area (Å²) in [6.45, 7) is 4.69. The van der Waals surface area contributed by atoms with Gasteiger partial charge in [0, 0.05) is 16.5 Å². The number of ether oxygens (including phenoxy) is 2. The molecule has 3 aromatic carbocycles. The Morgan fingerprint density at radius 3 is 2.55 bits per heavy atom. The summed E-state index contributed by atoms with van der Waals surface area (Å²) in [5.74, 6) is -1.11. The Morgan fingerprint density at radius 1 is 1.02 bits per heavy atom. The molecule has 0 aliphatic heterocycles. The number of halogens is 2. The molecule has 0 bridgehead atoms. The summed E-state index contributed by atoms with van der Waals surface area (Å²) in [5, 5.41) is 9.63. The first kappa shape index (κ1) is 26.8. The summed E-state index contributed by atoms with van der Waals surface area (Å²) in [4.78, 5) is 11.7. The molecule has 1 N–H and O–H groups in total. The van der Waals surface area contributed by atoms with Gasteiger partial charge in [0.15, 0.2) is 11.6 Å². The van der Waals surface area contributed by atoms with Gasteiger partial charge in [-0.15, -0.1) is 0 Å². The molecular formula is C34H36F2O4. The molecule has 3 aliphatic rings. The molecule has 0 aromatic heterocycles. The molecule has 3 aromatic rings. The Balaban J connectivity index is 1.33. The Bertz CT molecular complexity index is 1480. The van der Waals surface area contributed by atoms with Gasteiger partial charge in [0.25, 0.3) is 0 Å². The molecule has 6 heteroatoms. The first-order chi connectivity index (χ1) is 19.1. The van der Waals surface area contributed by atoms with E-state index in [1.165, 1.54) is 6.07 Å². The number of rotatable bonds is 7. The van der Waals surface area contributed by atoms with E-state index in [2.05, 4.69) is 19.9 Å². The molecule has 0 heterocycles. The van der Waals surface area contributed by atoms with Crippen LogP contribution < -0.4 is 9.47 Å². The predicted molar refractivity (Wildman–Crippen MR) is 150 cm³/mol. The van der Waals surface area contributed by atoms with E-state index in [-0.39, 0.29) is 29.5 Å². The van der Waals surface area contributed by atoms with Crippen molar-refractivity contribution in [2.45, 2.75) is 76.7 Å². The summed E-state index contributed by atoms with van der Waals surface area (Å²) in [5.41, 5.74) is 4.20. The van der Waals surface area contributed by atoms with Gasteiger partial charge >= 0.3 is 5.97 Å². The molecule has 2 saturated carbocycles. The Hall–Kier alpha value is -3.41. The highest BCUT2D eigenvalue weighted by Crippen LogP contribution is 2.61. The Morgan fingerprint density at radius 2 is 1.85 bits per heavy atom. The fourth-order valence-corrected chi connectivity index (χ4v) is 7.49. The minimum absolute atomic E-state index is 0.0629. The van der Waals surface area contributed by atoms with E-state index >= 15 is 8.78 Å². The second-order valence-corrected chi connectivity index (χ2v) is 12.5. The van der Waals surface area contributed by atoms with Gasteiger partial charge in [-0.3, -0.25) is 4.79 Å². The number of benzene rings is 3. The molecule has 0 amide bonds. The lowest BCUT2D eigenvalue weighted by Gasteiger charge is -2.30. The van der Waals surface area contributed by atoms with E-state index in [1.54, 1.807) is 25.3 Å². The van der Waals surface area contributed by atoms with Crippen molar-refractivity contribution >= 4 is 5.97 Å². The van der Waals surface area contributed by atoms with Crippen LogP contribution in [0.15, 0.2) is 48.5 Å². The monoisotopic (exact) mass is 546 g/mol. The molecule has 0 saturated heterocycles. The first-order valence-corrected chi connectivity index (χ1v) is 14.3. The minimum atomic E-state index is -0.853. The summed E-state index contributed by atoms with van der Waals surface area (Å²) in [6, 6.07) is 14.3. The average molecular weight is 547 g/mol. The Labute approximate surface area is 234 Å². The maximum absolute atomic E-state index is 15.9. The number of methoxy groups -OCH3 is 1. The van der Waals surface area contributed by atoms with Gasteiger partial charge in [0.1, 0.15) is 18.2 Å². The van der Waals surface area contributed by atoms with Crippen molar-refractivity contribution < 1.29 is 28.2 Å². The number of hydrogen-bond donors (Lipinski definition) is 1. The first-order valence-electron chi connectivity index (χ1n) is 14.3. The summed E-state index contributed by atoms with van der Waals surface area (Å²) < 4.78 is 42.4. The number of carboxylic acids is 1. The normalized spacial score (nSPS) is 24.5. The van der Waals surface area contributed by atoms with Crippen LogP contribution in [0.5, 0.6) is 11.5 Å². The van der Waals surface area contributed by atoms with Gasteiger partial charge in [0.2, 0.25) is 0 Å². The molecular weight excluding hydrogens is 510 g/mol. The van der Waals surface area contributed by atoms with Gasteiger partial charge in [-0.05, 0) is 96.4 Å². The number of aliphatic carboxylic acids is 1. The molecule has 3 atom stereocenters. The van der Waals surface area contributed by atoms with Crippen LogP contribution in [0.4, 0.5) is 8.78 Å². The molecule has 2 fully saturated rings. The number of aryl methyl sites for hydroxylation is 1. The van der Waals surface area contributed by atoms with Crippen molar-refractivity contribution in [3.05, 3.63) is 82.4 Å². The van der Waals surface area contributed by atoms with E-state index in [1.807, 2.05) is 18.2 Å². The van der Waals surface area contributed by atoms with Gasteiger partial charge in [-0.2, -0.15) is 0 Å². The van der Waals surface area contributed by atoms with Crippen LogP contribution in [-0.4, -0.2) is 18.2 Å². The summed E-state index contributed by atoms with van der Waals surface area (Å²) >= 11 is 0. The number of carbonyl (C=O) groups is 1. The number of fused-ring (bicyclic) bond motifs is 2. The molecule has 3 aliphatic carbocycles. The van der Waals surface area contributed by atoms with Crippen molar-refractivity contribution in [1.82, 2.24) is 0 Å². The van der Waals surface area contributed by atoms with E-state index in [4.69, 9.17) is 9.47 Å². The average Bonchev–Trinajstić information content (AvgIpc) is 3.53. The highest BCUT2D eigenvalue weighted by Gasteiger charge is 2.62. The van der Waals surface area contributed by atoms with Crippen molar-refractivity contribution in [3.8, 4) is 22.6 Å². The second-order valence-electron chi connectivity index (χ2n) is 12.5. The van der Waals surface area contributed by atoms with Gasteiger partial charge in [-0.25, -0.2) is 8.78 Å². The SMILES string of the molecule is COc1ccc(F)c(-c2ccc(COc3ccc4c(c3F)[C@@]3(CCC4)C[C@@H]3C(=O)O)cc2[C@H]2CCCC2(C)C)c1. The third-order valence-corrected chi connectivity index (χ3v) is 9.74. The van der Waals surface area contributed by atoms with Crippen LogP contribution in [-0.2, 0) is 23.2 Å². The third kappa shape index (κ3) is 4.46. The number of carboxylic acid groups (broad SMARTS) is 1. The molecule has 6 rings (SSSR count). The van der Waals surface area contributed by atoms with Crippen molar-refractivity contribution in [2.24, 2.45) is 11.3 Å². The van der Waals surface area contributed by atoms with E-state index < -0.39 is 23.1 Å². The van der Waals surface area contributed by atoms with E-state index in [0.717, 1.165) is 54.4 Å². The smallest absolute Gasteiger partial charge is 0.307 e. The zero-order valence-corrected chi connectivity index (χ0v) is 23.4. The van der Waals surface area contributed by atoms with Gasteiger partial charge < -0.3 is 14.6 Å². The van der Waals surface area contributed by atoms with Crippen molar-refractivity contribution in [1.29, 1.82) is 0 Å². The van der Waals surface area contributed by atoms with Crippen LogP contribution in [0, 0.1) is 23.0 Å². The second kappa shape index (κ2) is 9.90. The van der Waals surface area contributed by atoms with E-state index in [0.29, 0.717) is 29.7 Å². The van der Waals surface area contributed by atoms with Crippen molar-refractivity contribution in [3.63, 3.8) is 0 Å². The standard InChI is InChI=1S/C34H36F2O4/c1-33(2)14-5-7-26(33)24-16-20(8-11-23(24)25-17-22(39-3)10-12-28(25)35)19-40-29-13-9-21-6-4-15-34(30(21)31(29)36)18-27(34)32(37)38/h8-13,16-17,26-27H,4-7,14-15,18-19H2,1-3H3,(H,37,38)/t26-,27-,34+/m1/s1. The maximum atomic E-state index is 15.9. The molecule has 40 heavy (non-hydrogen) atoms. The number of hydrogen-bond acceptors (Lipinski definition) is 3. The van der Waals surface area contributed by atoms with Gasteiger partial charge in [-0.1, -0.05) is 44.5 Å². The fourth-order valence-electron chi connectivity index (χ4n) is 7.49. The lowest BCUT2D eigenvalue weighted by atomic mass is 9.75. The minimum Gasteiger partial charge on any atom is -0.497 e. The van der Waals surface area contributed by atoms with Crippen LogP contribution in [0.2, 0.25) is 0 Å². The highest BCUT2D eigenvalue weighted by molar-refractivity contribution is 5.78.